The molecule has 0 bridgehead atoms. The van der Waals surface area contributed by atoms with Gasteiger partial charge >= 0.3 is 0 Å². The van der Waals surface area contributed by atoms with Crippen LogP contribution in [0.3, 0.4) is 0 Å². The van der Waals surface area contributed by atoms with Gasteiger partial charge in [0.1, 0.15) is 7.85 Å². The Morgan fingerprint density at radius 2 is 2.18 bits per heavy atom. The molecule has 1 aromatic rings. The molecule has 0 aliphatic carbocycles. The molecule has 0 aliphatic heterocycles. The molecule has 0 atom stereocenters. The average Bonchev–Trinajstić information content (AvgIpc) is 1.85. The number of benzene rings is 1. The molecular weight excluding hydrogens is 209 g/mol. The van der Waals surface area contributed by atoms with Crippen molar-refractivity contribution >= 4 is 34.9 Å². The van der Waals surface area contributed by atoms with Crippen molar-refractivity contribution in [2.45, 2.75) is 0 Å². The van der Waals surface area contributed by atoms with Gasteiger partial charge in [-0.3, -0.25) is 10.1 Å². The third-order valence-electron chi connectivity index (χ3n) is 1.17. The van der Waals surface area contributed by atoms with Crippen LogP contribution in [0.1, 0.15) is 0 Å². The van der Waals surface area contributed by atoms with Gasteiger partial charge in [-0.2, -0.15) is 0 Å². The first-order valence-electron chi connectivity index (χ1n) is 2.80. The molecule has 0 fully saturated rings. The minimum absolute atomic E-state index is 0.0270. The van der Waals surface area contributed by atoms with Crippen LogP contribution in [0.2, 0.25) is 0 Å². The fourth-order valence-corrected chi connectivity index (χ4v) is 1.21. The number of nitro benzene ring substituents is 1. The van der Waals surface area contributed by atoms with E-state index in [4.69, 9.17) is 7.85 Å². The summed E-state index contributed by atoms with van der Waals surface area (Å²) in [6, 6.07) is 4.35. The van der Waals surface area contributed by atoms with E-state index >= 15 is 0 Å². The number of nitrogens with zero attached hydrogens (tertiary/aromatic N) is 1. The lowest BCUT2D eigenvalue weighted by Crippen LogP contribution is -2.02. The van der Waals surface area contributed by atoms with E-state index in [0.29, 0.717) is 9.94 Å². The first-order chi connectivity index (χ1) is 5.11. The fourth-order valence-electron chi connectivity index (χ4n) is 0.671. The predicted molar refractivity (Wildman–Crippen MR) is 46.2 cm³/mol. The topological polar surface area (TPSA) is 43.1 Å². The van der Waals surface area contributed by atoms with Crippen LogP contribution in [0.15, 0.2) is 22.7 Å². The number of nitro groups is 1. The highest BCUT2D eigenvalue weighted by molar-refractivity contribution is 9.10. The summed E-state index contributed by atoms with van der Waals surface area (Å²) in [6.45, 7) is 0. The van der Waals surface area contributed by atoms with Crippen LogP contribution >= 0.6 is 15.9 Å². The minimum Gasteiger partial charge on any atom is -0.258 e. The van der Waals surface area contributed by atoms with Crippen LogP contribution in [0.5, 0.6) is 0 Å². The van der Waals surface area contributed by atoms with Gasteiger partial charge in [0.25, 0.3) is 5.69 Å². The van der Waals surface area contributed by atoms with Gasteiger partial charge in [-0.25, -0.2) is 0 Å². The number of hydrogen-bond acceptors (Lipinski definition) is 2. The molecule has 1 rings (SSSR count). The van der Waals surface area contributed by atoms with Crippen molar-refractivity contribution in [3.8, 4) is 0 Å². The van der Waals surface area contributed by atoms with E-state index in [0.717, 1.165) is 0 Å². The lowest BCUT2D eigenvalue weighted by molar-refractivity contribution is -0.385. The zero-order valence-corrected chi connectivity index (χ0v) is 7.04. The monoisotopic (exact) mass is 211 g/mol. The molecule has 0 saturated carbocycles. The van der Waals surface area contributed by atoms with Gasteiger partial charge in [-0.15, -0.1) is 0 Å². The summed E-state index contributed by atoms with van der Waals surface area (Å²) in [4.78, 5) is 9.80. The van der Waals surface area contributed by atoms with Crippen molar-refractivity contribution in [3.05, 3.63) is 32.8 Å². The maximum atomic E-state index is 10.3. The van der Waals surface area contributed by atoms with Gasteiger partial charge in [-0.05, 0) is 22.0 Å². The zero-order valence-electron chi connectivity index (χ0n) is 5.45. The van der Waals surface area contributed by atoms with E-state index in [9.17, 15) is 10.1 Å². The molecule has 1 aromatic carbocycles. The highest BCUT2D eigenvalue weighted by atomic mass is 79.9. The lowest BCUT2D eigenvalue weighted by atomic mass is 9.96. The summed E-state index contributed by atoms with van der Waals surface area (Å²) in [5, 5.41) is 10.3. The predicted octanol–water partition coefficient (Wildman–Crippen LogP) is 1.15. The van der Waals surface area contributed by atoms with Gasteiger partial charge < -0.3 is 0 Å². The van der Waals surface area contributed by atoms with E-state index in [1.807, 2.05) is 0 Å². The molecule has 0 aromatic heterocycles. The van der Waals surface area contributed by atoms with Gasteiger partial charge in [-0.1, -0.05) is 11.5 Å². The van der Waals surface area contributed by atoms with Crippen LogP contribution in [0, 0.1) is 10.1 Å². The molecular formula is C6H3BBrNO2. The SMILES string of the molecule is [B]c1ccc([N+](=O)[O-])c(Br)c1. The van der Waals surface area contributed by atoms with Gasteiger partial charge in [0.15, 0.2) is 0 Å². The van der Waals surface area contributed by atoms with Crippen LogP contribution in [0.25, 0.3) is 0 Å². The van der Waals surface area contributed by atoms with E-state index in [1.54, 1.807) is 0 Å². The van der Waals surface area contributed by atoms with Crippen LogP contribution in [0.4, 0.5) is 5.69 Å². The number of halogens is 1. The second-order valence-corrected chi connectivity index (χ2v) is 2.82. The number of rotatable bonds is 1. The average molecular weight is 212 g/mol. The first-order valence-corrected chi connectivity index (χ1v) is 3.60. The van der Waals surface area contributed by atoms with E-state index in [2.05, 4.69) is 15.9 Å². The molecule has 0 saturated heterocycles. The van der Waals surface area contributed by atoms with Crippen LogP contribution in [-0.2, 0) is 0 Å². The highest BCUT2D eigenvalue weighted by Crippen LogP contribution is 2.21. The molecule has 0 aliphatic rings. The van der Waals surface area contributed by atoms with E-state index < -0.39 is 4.92 Å². The second kappa shape index (κ2) is 3.05. The molecule has 0 unspecified atom stereocenters. The Balaban J connectivity index is 3.20. The van der Waals surface area contributed by atoms with Crippen LogP contribution in [-0.4, -0.2) is 12.8 Å². The third kappa shape index (κ3) is 1.80. The smallest absolute Gasteiger partial charge is 0.258 e. The Kier molecular flexibility index (Phi) is 2.29. The van der Waals surface area contributed by atoms with Crippen molar-refractivity contribution in [1.29, 1.82) is 0 Å². The molecule has 0 amide bonds. The summed E-state index contributed by atoms with van der Waals surface area (Å²) >= 11 is 3.03. The van der Waals surface area contributed by atoms with Crippen molar-refractivity contribution in [2.75, 3.05) is 0 Å². The zero-order chi connectivity index (χ0) is 8.43. The fraction of sp³-hybridized carbons (Fsp3) is 0. The van der Waals surface area contributed by atoms with Gasteiger partial charge in [0.05, 0.1) is 9.40 Å². The quantitative estimate of drug-likeness (QED) is 0.398. The molecule has 0 N–H and O–H groups in total. The summed E-state index contributed by atoms with van der Waals surface area (Å²) in [7, 11) is 5.38. The summed E-state index contributed by atoms with van der Waals surface area (Å²) in [6.07, 6.45) is 0. The van der Waals surface area contributed by atoms with Crippen molar-refractivity contribution in [3.63, 3.8) is 0 Å². The molecule has 2 radical (unpaired) electrons. The standard InChI is InChI=1S/C6H3BBrNO2/c7-4-1-2-6(9(10)11)5(8)3-4/h1-3H. The highest BCUT2D eigenvalue weighted by Gasteiger charge is 2.09. The maximum absolute atomic E-state index is 10.3. The Labute approximate surface area is 73.1 Å². The molecule has 0 heterocycles. The molecule has 3 nitrogen and oxygen atoms in total. The molecule has 0 spiro atoms. The van der Waals surface area contributed by atoms with Gasteiger partial charge in [0, 0.05) is 6.07 Å². The Hall–Kier alpha value is -0.835. The maximum Gasteiger partial charge on any atom is 0.283 e. The normalized spacial score (nSPS) is 9.55. The Morgan fingerprint density at radius 1 is 1.55 bits per heavy atom. The summed E-state index contributed by atoms with van der Waals surface area (Å²) < 4.78 is 0.405. The Morgan fingerprint density at radius 3 is 2.64 bits per heavy atom. The molecule has 11 heavy (non-hydrogen) atoms. The number of hydrogen-bond donors (Lipinski definition) is 0. The lowest BCUT2D eigenvalue weighted by Gasteiger charge is -1.95. The first kappa shape index (κ1) is 8.26. The summed E-state index contributed by atoms with van der Waals surface area (Å²) in [5.74, 6) is 0. The summed E-state index contributed by atoms with van der Waals surface area (Å²) in [5.41, 5.74) is 0.529. The second-order valence-electron chi connectivity index (χ2n) is 1.97. The van der Waals surface area contributed by atoms with Crippen molar-refractivity contribution < 1.29 is 4.92 Å². The van der Waals surface area contributed by atoms with Crippen molar-refractivity contribution in [2.24, 2.45) is 0 Å². The van der Waals surface area contributed by atoms with Crippen LogP contribution < -0.4 is 5.46 Å². The Bertz CT molecular complexity index is 303. The molecule has 5 heteroatoms. The minimum atomic E-state index is -0.469. The van der Waals surface area contributed by atoms with Gasteiger partial charge in [0.2, 0.25) is 0 Å². The molecule has 54 valence electrons. The van der Waals surface area contributed by atoms with E-state index in [-0.39, 0.29) is 5.69 Å². The van der Waals surface area contributed by atoms with E-state index in [1.165, 1.54) is 18.2 Å². The largest absolute Gasteiger partial charge is 0.283 e. The third-order valence-corrected chi connectivity index (χ3v) is 1.80. The van der Waals surface area contributed by atoms with Crippen molar-refractivity contribution in [1.82, 2.24) is 0 Å².